The van der Waals surface area contributed by atoms with Gasteiger partial charge in [-0.25, -0.2) is 9.59 Å². The molecule has 0 unspecified atom stereocenters. The first kappa shape index (κ1) is 17.4. The van der Waals surface area contributed by atoms with E-state index in [0.29, 0.717) is 17.5 Å². The number of carbonyl (C=O) groups is 2. The van der Waals surface area contributed by atoms with E-state index >= 15 is 0 Å². The third-order valence-corrected chi connectivity index (χ3v) is 3.22. The van der Waals surface area contributed by atoms with E-state index in [1.54, 1.807) is 36.4 Å². The van der Waals surface area contributed by atoms with Crippen molar-refractivity contribution in [3.8, 4) is 11.5 Å². The molecule has 0 saturated heterocycles. The van der Waals surface area contributed by atoms with Gasteiger partial charge in [0.05, 0.1) is 5.56 Å². The Balaban J connectivity index is 2.24. The minimum Gasteiger partial charge on any atom is -0.419 e. The Morgan fingerprint density at radius 2 is 1.58 bits per heavy atom. The first-order chi connectivity index (χ1) is 11.5. The van der Waals surface area contributed by atoms with Crippen molar-refractivity contribution < 1.29 is 24.2 Å². The molecule has 0 bridgehead atoms. The van der Waals surface area contributed by atoms with Crippen LogP contribution < -0.4 is 9.47 Å². The molecular weight excluding hydrogens is 308 g/mol. The molecule has 0 radical (unpaired) electrons. The molecule has 124 valence electrons. The van der Waals surface area contributed by atoms with E-state index in [1.807, 2.05) is 0 Å². The summed E-state index contributed by atoms with van der Waals surface area (Å²) in [5.41, 5.74) is 1.28. The van der Waals surface area contributed by atoms with Crippen LogP contribution in [0.4, 0.5) is 0 Å². The van der Waals surface area contributed by atoms with E-state index < -0.39 is 11.9 Å². The van der Waals surface area contributed by atoms with Crippen LogP contribution in [0.5, 0.6) is 11.5 Å². The second-order valence-corrected chi connectivity index (χ2v) is 5.14. The van der Waals surface area contributed by atoms with Crippen LogP contribution in [0.15, 0.2) is 60.7 Å². The number of esters is 2. The molecule has 0 aliphatic rings. The molecular formula is C19H18O5. The quantitative estimate of drug-likeness (QED) is 0.502. The van der Waals surface area contributed by atoms with Crippen LogP contribution in [-0.2, 0) is 11.2 Å². The second-order valence-electron chi connectivity index (χ2n) is 5.14. The van der Waals surface area contributed by atoms with Gasteiger partial charge < -0.3 is 14.6 Å². The molecule has 2 aromatic rings. The van der Waals surface area contributed by atoms with Gasteiger partial charge in [0.1, 0.15) is 0 Å². The van der Waals surface area contributed by atoms with E-state index in [-0.39, 0.29) is 23.7 Å². The highest BCUT2D eigenvalue weighted by Crippen LogP contribution is 2.28. The summed E-state index contributed by atoms with van der Waals surface area (Å²) in [5, 5.41) is 9.09. The van der Waals surface area contributed by atoms with Crippen molar-refractivity contribution in [1.29, 1.82) is 0 Å². The van der Waals surface area contributed by atoms with Crippen LogP contribution in [0, 0.1) is 0 Å². The second kappa shape index (κ2) is 8.08. The molecule has 0 atom stereocenters. The van der Waals surface area contributed by atoms with Gasteiger partial charge in [0.2, 0.25) is 0 Å². The van der Waals surface area contributed by atoms with Gasteiger partial charge in [0, 0.05) is 12.2 Å². The maximum Gasteiger partial charge on any atom is 0.343 e. The third kappa shape index (κ3) is 4.30. The summed E-state index contributed by atoms with van der Waals surface area (Å²) in [7, 11) is 0. The summed E-state index contributed by atoms with van der Waals surface area (Å²) in [6.45, 7) is 4.97. The Morgan fingerprint density at radius 1 is 1.00 bits per heavy atom. The largest absolute Gasteiger partial charge is 0.419 e. The summed E-state index contributed by atoms with van der Waals surface area (Å²) >= 11 is 0. The zero-order valence-corrected chi connectivity index (χ0v) is 13.3. The van der Waals surface area contributed by atoms with Gasteiger partial charge in [-0.15, -0.1) is 0 Å². The molecule has 0 aliphatic heterocycles. The summed E-state index contributed by atoms with van der Waals surface area (Å²) in [6, 6.07) is 13.3. The van der Waals surface area contributed by atoms with Crippen molar-refractivity contribution in [2.24, 2.45) is 0 Å². The van der Waals surface area contributed by atoms with Crippen LogP contribution in [0.25, 0.3) is 0 Å². The topological polar surface area (TPSA) is 72.8 Å². The van der Waals surface area contributed by atoms with Crippen LogP contribution in [0.2, 0.25) is 0 Å². The van der Waals surface area contributed by atoms with Gasteiger partial charge in [0.15, 0.2) is 11.5 Å². The lowest BCUT2D eigenvalue weighted by atomic mass is 10.1. The third-order valence-electron chi connectivity index (χ3n) is 3.22. The van der Waals surface area contributed by atoms with E-state index in [0.717, 1.165) is 0 Å². The van der Waals surface area contributed by atoms with Crippen LogP contribution >= 0.6 is 0 Å². The lowest BCUT2D eigenvalue weighted by molar-refractivity contribution is -0.130. The number of hydrogen-bond acceptors (Lipinski definition) is 5. The Kier molecular flexibility index (Phi) is 5.87. The molecule has 24 heavy (non-hydrogen) atoms. The van der Waals surface area contributed by atoms with Crippen molar-refractivity contribution in [2.75, 3.05) is 6.61 Å². The fraction of sp³-hybridized carbons (Fsp3) is 0.158. The summed E-state index contributed by atoms with van der Waals surface area (Å²) < 4.78 is 10.5. The zero-order valence-electron chi connectivity index (χ0n) is 13.3. The monoisotopic (exact) mass is 326 g/mol. The lowest BCUT2D eigenvalue weighted by Crippen LogP contribution is -2.14. The van der Waals surface area contributed by atoms with E-state index in [1.165, 1.54) is 19.1 Å². The number of ether oxygens (including phenoxy) is 2. The summed E-state index contributed by atoms with van der Waals surface area (Å²) in [5.74, 6) is -0.911. The normalized spacial score (nSPS) is 10.1. The molecule has 2 rings (SSSR count). The number of para-hydroxylation sites is 2. The van der Waals surface area contributed by atoms with E-state index in [4.69, 9.17) is 14.6 Å². The van der Waals surface area contributed by atoms with E-state index in [9.17, 15) is 9.59 Å². The van der Waals surface area contributed by atoms with Gasteiger partial charge in [-0.3, -0.25) is 0 Å². The van der Waals surface area contributed by atoms with Crippen molar-refractivity contribution in [3.63, 3.8) is 0 Å². The smallest absolute Gasteiger partial charge is 0.343 e. The predicted molar refractivity (Wildman–Crippen MR) is 89.1 cm³/mol. The molecule has 1 N–H and O–H groups in total. The molecule has 0 saturated carbocycles. The average molecular weight is 326 g/mol. The highest BCUT2D eigenvalue weighted by atomic mass is 16.6. The molecule has 5 heteroatoms. The molecule has 0 heterocycles. The van der Waals surface area contributed by atoms with Gasteiger partial charge in [-0.2, -0.15) is 0 Å². The minimum absolute atomic E-state index is 0.0723. The Morgan fingerprint density at radius 3 is 2.21 bits per heavy atom. The van der Waals surface area contributed by atoms with Gasteiger partial charge >= 0.3 is 11.9 Å². The molecule has 0 fully saturated rings. The molecule has 2 aromatic carbocycles. The number of benzene rings is 2. The van der Waals surface area contributed by atoms with Crippen LogP contribution in [-0.4, -0.2) is 23.7 Å². The maximum atomic E-state index is 12.4. The number of hydrogen-bond donors (Lipinski definition) is 1. The fourth-order valence-electron chi connectivity index (χ4n) is 2.02. The van der Waals surface area contributed by atoms with Crippen molar-refractivity contribution >= 4 is 11.9 Å². The summed E-state index contributed by atoms with van der Waals surface area (Å²) in [4.78, 5) is 24.1. The van der Waals surface area contributed by atoms with Gasteiger partial charge in [0.25, 0.3) is 0 Å². The Labute approximate surface area is 140 Å². The maximum absolute atomic E-state index is 12.4. The Hall–Kier alpha value is -2.92. The predicted octanol–water partition coefficient (Wildman–Crippen LogP) is 2.92. The number of aliphatic hydroxyl groups is 1. The van der Waals surface area contributed by atoms with Crippen molar-refractivity contribution in [2.45, 2.75) is 13.3 Å². The Bertz CT molecular complexity index is 764. The zero-order chi connectivity index (χ0) is 17.5. The molecule has 0 spiro atoms. The molecule has 0 aliphatic carbocycles. The highest BCUT2D eigenvalue weighted by Gasteiger charge is 2.17. The molecule has 0 aromatic heterocycles. The van der Waals surface area contributed by atoms with Crippen molar-refractivity contribution in [3.05, 3.63) is 71.8 Å². The lowest BCUT2D eigenvalue weighted by Gasteiger charge is -2.12. The average Bonchev–Trinajstić information content (AvgIpc) is 2.57. The van der Waals surface area contributed by atoms with Gasteiger partial charge in [-0.05, 0) is 37.1 Å². The fourth-order valence-corrected chi connectivity index (χ4v) is 2.02. The van der Waals surface area contributed by atoms with Gasteiger partial charge in [-0.1, -0.05) is 36.9 Å². The number of rotatable bonds is 6. The van der Waals surface area contributed by atoms with Crippen LogP contribution in [0.3, 0.4) is 0 Å². The SMILES string of the molecule is C=C(C)C(=O)Oc1ccccc1OC(=O)c1ccccc1CCO. The van der Waals surface area contributed by atoms with Crippen LogP contribution in [0.1, 0.15) is 22.8 Å². The minimum atomic E-state index is -0.598. The molecule has 5 nitrogen and oxygen atoms in total. The summed E-state index contributed by atoms with van der Waals surface area (Å²) in [6.07, 6.45) is 0.345. The number of aliphatic hydroxyl groups excluding tert-OH is 1. The first-order valence-electron chi connectivity index (χ1n) is 7.40. The molecule has 0 amide bonds. The highest BCUT2D eigenvalue weighted by molar-refractivity contribution is 5.93. The van der Waals surface area contributed by atoms with E-state index in [2.05, 4.69) is 6.58 Å². The van der Waals surface area contributed by atoms with Crippen molar-refractivity contribution in [1.82, 2.24) is 0 Å². The first-order valence-corrected chi connectivity index (χ1v) is 7.40. The number of carbonyl (C=O) groups excluding carboxylic acids is 2. The standard InChI is InChI=1S/C19H18O5/c1-13(2)18(21)23-16-9-5-6-10-17(16)24-19(22)15-8-4-3-7-14(15)11-12-20/h3-10,20H,1,11-12H2,2H3.